The lowest BCUT2D eigenvalue weighted by atomic mass is 9.65. The van der Waals surface area contributed by atoms with Gasteiger partial charge in [0.25, 0.3) is 5.91 Å². The van der Waals surface area contributed by atoms with Gasteiger partial charge >= 0.3 is 0 Å². The van der Waals surface area contributed by atoms with Crippen molar-refractivity contribution in [1.82, 2.24) is 0 Å². The number of nitrogens with one attached hydrogen (secondary N) is 1. The van der Waals surface area contributed by atoms with Crippen LogP contribution in [0.5, 0.6) is 0 Å². The van der Waals surface area contributed by atoms with Gasteiger partial charge in [-0.25, -0.2) is 0 Å². The molecule has 5 N–H and O–H groups in total. The minimum Gasteiger partial charge on any atom is -0.398 e. The zero-order valence-electron chi connectivity index (χ0n) is 20.5. The number of benzene rings is 5. The summed E-state index contributed by atoms with van der Waals surface area (Å²) in [5.74, 6) is -0.204. The molecule has 1 amide bonds. The van der Waals surface area contributed by atoms with Crippen LogP contribution in [-0.4, -0.2) is 5.91 Å². The Balaban J connectivity index is 1.66. The van der Waals surface area contributed by atoms with Gasteiger partial charge in [-0.2, -0.15) is 0 Å². The summed E-state index contributed by atoms with van der Waals surface area (Å²) in [6, 6.07) is 44.6. The first-order valence-electron chi connectivity index (χ1n) is 12.3. The topological polar surface area (TPSA) is 81.1 Å². The summed E-state index contributed by atoms with van der Waals surface area (Å²) >= 11 is 0. The largest absolute Gasteiger partial charge is 0.398 e. The van der Waals surface area contributed by atoms with Crippen LogP contribution < -0.4 is 16.8 Å². The lowest BCUT2D eigenvalue weighted by Crippen LogP contribution is -2.31. The maximum absolute atomic E-state index is 13.4. The fourth-order valence-electron chi connectivity index (χ4n) is 5.02. The molecule has 0 aromatic heterocycles. The Morgan fingerprint density at radius 2 is 1.14 bits per heavy atom. The van der Waals surface area contributed by atoms with Crippen LogP contribution in [0, 0.1) is 0 Å². The third kappa shape index (κ3) is 4.63. The van der Waals surface area contributed by atoms with E-state index in [1.165, 1.54) is 0 Å². The van der Waals surface area contributed by atoms with Gasteiger partial charge in [-0.3, -0.25) is 4.79 Å². The molecule has 5 rings (SSSR count). The Bertz CT molecular complexity index is 1400. The fourth-order valence-corrected chi connectivity index (χ4v) is 5.02. The van der Waals surface area contributed by atoms with Crippen molar-refractivity contribution in [2.24, 2.45) is 5.73 Å². The summed E-state index contributed by atoms with van der Waals surface area (Å²) in [4.78, 5) is 13.4. The highest BCUT2D eigenvalue weighted by Gasteiger charge is 2.38. The number of hydrogen-bond donors (Lipinski definition) is 3. The maximum Gasteiger partial charge on any atom is 0.255 e. The number of nitrogens with two attached hydrogens (primary N) is 2. The van der Waals surface area contributed by atoms with Crippen LogP contribution in [0.1, 0.15) is 38.2 Å². The Labute approximate surface area is 217 Å². The summed E-state index contributed by atoms with van der Waals surface area (Å²) in [6.45, 7) is 0.350. The van der Waals surface area contributed by atoms with Crippen LogP contribution in [0.2, 0.25) is 0 Å². The number of anilines is 2. The summed E-state index contributed by atoms with van der Waals surface area (Å²) < 4.78 is 0. The van der Waals surface area contributed by atoms with E-state index in [2.05, 4.69) is 84.2 Å². The second-order valence-electron chi connectivity index (χ2n) is 9.00. The van der Waals surface area contributed by atoms with Crippen molar-refractivity contribution in [2.75, 3.05) is 11.1 Å². The van der Waals surface area contributed by atoms with Crippen LogP contribution in [0.25, 0.3) is 0 Å². The van der Waals surface area contributed by atoms with Gasteiger partial charge in [0.15, 0.2) is 0 Å². The normalized spacial score (nSPS) is 11.2. The van der Waals surface area contributed by atoms with Gasteiger partial charge in [-0.15, -0.1) is 0 Å². The monoisotopic (exact) mass is 483 g/mol. The Morgan fingerprint density at radius 3 is 1.62 bits per heavy atom. The quantitative estimate of drug-likeness (QED) is 0.186. The molecule has 0 saturated heterocycles. The van der Waals surface area contributed by atoms with Crippen LogP contribution in [0.3, 0.4) is 0 Å². The van der Waals surface area contributed by atoms with Crippen molar-refractivity contribution < 1.29 is 4.79 Å². The van der Waals surface area contributed by atoms with Crippen molar-refractivity contribution in [3.8, 4) is 0 Å². The number of hydrogen-bond acceptors (Lipinski definition) is 3. The second kappa shape index (κ2) is 10.5. The third-order valence-electron chi connectivity index (χ3n) is 6.80. The molecule has 0 heterocycles. The molecule has 37 heavy (non-hydrogen) atoms. The summed E-state index contributed by atoms with van der Waals surface area (Å²) in [7, 11) is 0. The third-order valence-corrected chi connectivity index (χ3v) is 6.80. The standard InChI is InChI=1S/C33H29N3O/c34-23-25-19-20-30(22-31(25)35)36-32(37)24-11-10-18-29(21-24)33(26-12-4-1-5-13-26,27-14-6-2-7-15-27)28-16-8-3-9-17-28/h1-22H,23,34-35H2,(H,36,37). The van der Waals surface area contributed by atoms with Gasteiger partial charge in [0.2, 0.25) is 0 Å². The maximum atomic E-state index is 13.4. The van der Waals surface area contributed by atoms with Gasteiger partial charge in [-0.1, -0.05) is 109 Å². The second-order valence-corrected chi connectivity index (χ2v) is 9.00. The van der Waals surface area contributed by atoms with Gasteiger partial charge in [0.1, 0.15) is 0 Å². The minimum absolute atomic E-state index is 0.204. The van der Waals surface area contributed by atoms with E-state index in [4.69, 9.17) is 11.5 Å². The molecule has 0 fully saturated rings. The highest BCUT2D eigenvalue weighted by atomic mass is 16.1. The molecule has 0 aliphatic rings. The molecule has 0 aliphatic heterocycles. The highest BCUT2D eigenvalue weighted by Crippen LogP contribution is 2.45. The van der Waals surface area contributed by atoms with Crippen molar-refractivity contribution in [2.45, 2.75) is 12.0 Å². The molecule has 0 bridgehead atoms. The van der Waals surface area contributed by atoms with E-state index in [1.807, 2.05) is 48.5 Å². The molecule has 0 radical (unpaired) electrons. The predicted molar refractivity (Wildman–Crippen MR) is 151 cm³/mol. The van der Waals surface area contributed by atoms with Crippen molar-refractivity contribution in [3.63, 3.8) is 0 Å². The van der Waals surface area contributed by atoms with Crippen LogP contribution in [0.4, 0.5) is 11.4 Å². The SMILES string of the molecule is NCc1ccc(NC(=O)c2cccc(C(c3ccccc3)(c3ccccc3)c3ccccc3)c2)cc1N. The summed E-state index contributed by atoms with van der Waals surface area (Å²) in [6.07, 6.45) is 0. The van der Waals surface area contributed by atoms with Crippen molar-refractivity contribution in [3.05, 3.63) is 167 Å². The lowest BCUT2D eigenvalue weighted by Gasteiger charge is -2.37. The zero-order valence-corrected chi connectivity index (χ0v) is 20.5. The van der Waals surface area contributed by atoms with Gasteiger partial charge in [0, 0.05) is 23.5 Å². The average molecular weight is 484 g/mol. The molecule has 5 aromatic carbocycles. The predicted octanol–water partition coefficient (Wildman–Crippen LogP) is 6.36. The number of amides is 1. The summed E-state index contributed by atoms with van der Waals surface area (Å²) in [5.41, 5.74) is 18.2. The molecule has 0 unspecified atom stereocenters. The minimum atomic E-state index is -0.618. The molecule has 0 spiro atoms. The van der Waals surface area contributed by atoms with Crippen molar-refractivity contribution >= 4 is 17.3 Å². The smallest absolute Gasteiger partial charge is 0.255 e. The molecular weight excluding hydrogens is 454 g/mol. The number of carbonyl (C=O) groups is 1. The number of nitrogen functional groups attached to an aromatic ring is 1. The van der Waals surface area contributed by atoms with E-state index < -0.39 is 5.41 Å². The van der Waals surface area contributed by atoms with Crippen LogP contribution in [0.15, 0.2) is 133 Å². The van der Waals surface area contributed by atoms with Crippen molar-refractivity contribution in [1.29, 1.82) is 0 Å². The van der Waals surface area contributed by atoms with E-state index in [-0.39, 0.29) is 5.91 Å². The molecule has 4 heteroatoms. The fraction of sp³-hybridized carbons (Fsp3) is 0.0606. The van der Waals surface area contributed by atoms with E-state index in [1.54, 1.807) is 6.07 Å². The first kappa shape index (κ1) is 24.0. The molecule has 4 nitrogen and oxygen atoms in total. The Hall–Kier alpha value is -4.67. The first-order chi connectivity index (χ1) is 18.1. The van der Waals surface area contributed by atoms with E-state index in [0.717, 1.165) is 27.8 Å². The van der Waals surface area contributed by atoms with E-state index in [0.29, 0.717) is 23.5 Å². The molecule has 0 saturated carbocycles. The average Bonchev–Trinajstić information content (AvgIpc) is 2.96. The highest BCUT2D eigenvalue weighted by molar-refractivity contribution is 6.04. The van der Waals surface area contributed by atoms with E-state index in [9.17, 15) is 4.79 Å². The molecule has 0 atom stereocenters. The number of rotatable bonds is 7. The van der Waals surface area contributed by atoms with Crippen LogP contribution in [-0.2, 0) is 12.0 Å². The zero-order chi connectivity index (χ0) is 25.7. The van der Waals surface area contributed by atoms with Gasteiger partial charge < -0.3 is 16.8 Å². The Morgan fingerprint density at radius 1 is 0.622 bits per heavy atom. The molecular formula is C33H29N3O. The Kier molecular flexibility index (Phi) is 6.84. The van der Waals surface area contributed by atoms with Gasteiger partial charge in [-0.05, 0) is 52.1 Å². The van der Waals surface area contributed by atoms with Gasteiger partial charge in [0.05, 0.1) is 5.41 Å². The molecule has 0 aliphatic carbocycles. The first-order valence-corrected chi connectivity index (χ1v) is 12.3. The number of carbonyl (C=O) groups excluding carboxylic acids is 1. The lowest BCUT2D eigenvalue weighted by molar-refractivity contribution is 0.102. The van der Waals surface area contributed by atoms with E-state index >= 15 is 0 Å². The molecule has 5 aromatic rings. The molecule has 182 valence electrons. The van der Waals surface area contributed by atoms with Crippen LogP contribution >= 0.6 is 0 Å². The summed E-state index contributed by atoms with van der Waals surface area (Å²) in [5, 5.41) is 2.99.